The molecule has 0 spiro atoms. The first-order chi connectivity index (χ1) is 19.8. The lowest BCUT2D eigenvalue weighted by molar-refractivity contribution is -0.145. The molecule has 0 aromatic heterocycles. The van der Waals surface area contributed by atoms with Gasteiger partial charge in [0.05, 0.1) is 6.61 Å². The van der Waals surface area contributed by atoms with E-state index in [0.717, 1.165) is 56.9 Å². The Morgan fingerprint density at radius 3 is 2.61 bits per heavy atom. The van der Waals surface area contributed by atoms with E-state index in [4.69, 9.17) is 9.47 Å². The Morgan fingerprint density at radius 1 is 1.02 bits per heavy atom. The lowest BCUT2D eigenvalue weighted by Gasteiger charge is -2.50. The quantitative estimate of drug-likeness (QED) is 0.262. The molecule has 2 saturated carbocycles. The van der Waals surface area contributed by atoms with Crippen molar-refractivity contribution in [3.63, 3.8) is 0 Å². The van der Waals surface area contributed by atoms with Crippen molar-refractivity contribution >= 4 is 23.6 Å². The van der Waals surface area contributed by atoms with Crippen LogP contribution in [0.4, 0.5) is 4.79 Å². The Balaban J connectivity index is 1.24. The SMILES string of the molecule is CCOC(=O)C(CCCC[C@H]1C[C@]2(C)C(=O)CC[C@H]2[C@@H]2CCC3=CC(=O)CCC3=C12)NC(=O)OCc1ccccc1. The maximum atomic E-state index is 13.1. The summed E-state index contributed by atoms with van der Waals surface area (Å²) in [7, 11) is 0. The first-order valence-corrected chi connectivity index (χ1v) is 15.4. The third-order valence-electron chi connectivity index (χ3n) is 9.92. The summed E-state index contributed by atoms with van der Waals surface area (Å²) < 4.78 is 10.6. The minimum atomic E-state index is -0.772. The average Bonchev–Trinajstić information content (AvgIpc) is 3.27. The first-order valence-electron chi connectivity index (χ1n) is 15.4. The number of esters is 1. The van der Waals surface area contributed by atoms with E-state index in [0.29, 0.717) is 42.8 Å². The summed E-state index contributed by atoms with van der Waals surface area (Å²) in [5.74, 6) is 1.34. The van der Waals surface area contributed by atoms with Crippen LogP contribution in [0, 0.1) is 23.2 Å². The Labute approximate surface area is 243 Å². The van der Waals surface area contributed by atoms with Crippen molar-refractivity contribution in [1.82, 2.24) is 5.32 Å². The number of fused-ring (bicyclic) bond motifs is 4. The van der Waals surface area contributed by atoms with Crippen LogP contribution >= 0.6 is 0 Å². The summed E-state index contributed by atoms with van der Waals surface area (Å²) >= 11 is 0. The van der Waals surface area contributed by atoms with Crippen molar-refractivity contribution < 1.29 is 28.7 Å². The smallest absolute Gasteiger partial charge is 0.408 e. The van der Waals surface area contributed by atoms with Crippen LogP contribution in [-0.4, -0.2) is 36.3 Å². The molecule has 0 radical (unpaired) electrons. The fourth-order valence-electron chi connectivity index (χ4n) is 8.00. The maximum Gasteiger partial charge on any atom is 0.408 e. The number of alkyl carbamates (subject to hydrolysis) is 1. The van der Waals surface area contributed by atoms with E-state index in [1.54, 1.807) is 6.92 Å². The van der Waals surface area contributed by atoms with Gasteiger partial charge in [-0.3, -0.25) is 9.59 Å². The van der Waals surface area contributed by atoms with Gasteiger partial charge < -0.3 is 14.8 Å². The zero-order valence-corrected chi connectivity index (χ0v) is 24.4. The van der Waals surface area contributed by atoms with Crippen LogP contribution in [-0.2, 0) is 30.5 Å². The van der Waals surface area contributed by atoms with Gasteiger partial charge in [0.25, 0.3) is 0 Å². The summed E-state index contributed by atoms with van der Waals surface area (Å²) in [6.45, 7) is 4.31. The van der Waals surface area contributed by atoms with Gasteiger partial charge in [0, 0.05) is 18.3 Å². The number of ether oxygens (including phenoxy) is 2. The number of hydrogen-bond donors (Lipinski definition) is 1. The number of rotatable bonds is 10. The van der Waals surface area contributed by atoms with Gasteiger partial charge in [-0.25, -0.2) is 9.59 Å². The number of nitrogens with one attached hydrogen (secondary N) is 1. The monoisotopic (exact) mass is 561 g/mol. The number of Topliss-reactive ketones (excluding diaryl/α,β-unsaturated/α-hetero) is 1. The summed E-state index contributed by atoms with van der Waals surface area (Å²) in [5, 5.41) is 2.71. The number of allylic oxidation sites excluding steroid dienone is 4. The molecule has 5 atom stereocenters. The number of unbranched alkanes of at least 4 members (excludes halogenated alkanes) is 1. The first kappa shape index (κ1) is 29.3. The number of carbonyl (C=O) groups is 4. The second-order valence-corrected chi connectivity index (χ2v) is 12.4. The molecule has 1 aromatic carbocycles. The predicted octanol–water partition coefficient (Wildman–Crippen LogP) is 6.41. The second-order valence-electron chi connectivity index (χ2n) is 12.4. The molecule has 1 amide bonds. The Kier molecular flexibility index (Phi) is 9.10. The summed E-state index contributed by atoms with van der Waals surface area (Å²) in [6.07, 6.45) is 10.1. The maximum absolute atomic E-state index is 13.1. The van der Waals surface area contributed by atoms with Crippen molar-refractivity contribution in [2.45, 2.75) is 97.1 Å². The molecule has 0 aliphatic heterocycles. The van der Waals surface area contributed by atoms with Gasteiger partial charge in [-0.05, 0) is 92.4 Å². The lowest BCUT2D eigenvalue weighted by Crippen LogP contribution is -2.44. The topological polar surface area (TPSA) is 98.8 Å². The van der Waals surface area contributed by atoms with Crippen LogP contribution < -0.4 is 5.32 Å². The van der Waals surface area contributed by atoms with Crippen LogP contribution in [0.2, 0.25) is 0 Å². The predicted molar refractivity (Wildman–Crippen MR) is 155 cm³/mol. The van der Waals surface area contributed by atoms with Gasteiger partial charge in [-0.1, -0.05) is 55.7 Å². The zero-order chi connectivity index (χ0) is 29.0. The van der Waals surface area contributed by atoms with Crippen LogP contribution in [0.25, 0.3) is 0 Å². The molecule has 220 valence electrons. The number of carbonyl (C=O) groups excluding carboxylic acids is 4. The molecule has 0 saturated heterocycles. The standard InChI is InChI=1S/C34H43NO6/c1-3-40-32(38)29(35-33(39)41-21-22-9-5-4-6-10-22)12-8-7-11-24-20-34(2)28(17-18-30(34)37)27-15-13-23-19-25(36)14-16-26(23)31(24)27/h4-6,9-10,19,24,27-29H,3,7-8,11-18,20-21H2,1-2H3,(H,35,39)/t24-,27-,28-,29?,34-/m0/s1. The van der Waals surface area contributed by atoms with Crippen molar-refractivity contribution in [2.24, 2.45) is 23.2 Å². The highest BCUT2D eigenvalue weighted by Crippen LogP contribution is 2.61. The molecule has 0 heterocycles. The second kappa shape index (κ2) is 12.7. The van der Waals surface area contributed by atoms with Crippen LogP contribution in [0.3, 0.4) is 0 Å². The Hall–Kier alpha value is -3.22. The minimum Gasteiger partial charge on any atom is -0.464 e. The fraction of sp³-hybridized carbons (Fsp3) is 0.588. The van der Waals surface area contributed by atoms with Crippen molar-refractivity contribution in [2.75, 3.05) is 6.61 Å². The van der Waals surface area contributed by atoms with E-state index in [9.17, 15) is 19.2 Å². The highest BCUT2D eigenvalue weighted by Gasteiger charge is 2.56. The molecule has 0 bridgehead atoms. The van der Waals surface area contributed by atoms with E-state index in [1.807, 2.05) is 36.4 Å². The highest BCUT2D eigenvalue weighted by atomic mass is 16.6. The van der Waals surface area contributed by atoms with Gasteiger partial charge in [0.15, 0.2) is 5.78 Å². The van der Waals surface area contributed by atoms with Gasteiger partial charge in [0.2, 0.25) is 0 Å². The number of benzene rings is 1. The summed E-state index contributed by atoms with van der Waals surface area (Å²) in [6, 6.07) is 8.64. The lowest BCUT2D eigenvalue weighted by atomic mass is 9.53. The minimum absolute atomic E-state index is 0.128. The van der Waals surface area contributed by atoms with Gasteiger partial charge in [0.1, 0.15) is 18.4 Å². The molecule has 41 heavy (non-hydrogen) atoms. The third kappa shape index (κ3) is 6.34. The normalized spacial score (nSPS) is 27.8. The van der Waals surface area contributed by atoms with Crippen molar-refractivity contribution in [3.8, 4) is 0 Å². The molecule has 4 aliphatic rings. The number of hydrogen-bond acceptors (Lipinski definition) is 6. The zero-order valence-electron chi connectivity index (χ0n) is 24.4. The third-order valence-corrected chi connectivity index (χ3v) is 9.92. The molecular formula is C34H43NO6. The summed E-state index contributed by atoms with van der Waals surface area (Å²) in [5.41, 5.74) is 4.77. The Morgan fingerprint density at radius 2 is 1.83 bits per heavy atom. The largest absolute Gasteiger partial charge is 0.464 e. The van der Waals surface area contributed by atoms with Gasteiger partial charge >= 0.3 is 12.1 Å². The number of amides is 1. The van der Waals surface area contributed by atoms with Crippen LogP contribution in [0.1, 0.15) is 90.0 Å². The van der Waals surface area contributed by atoms with E-state index in [1.165, 1.54) is 16.7 Å². The molecule has 1 N–H and O–H groups in total. The molecule has 5 rings (SSSR count). The molecular weight excluding hydrogens is 518 g/mol. The molecule has 1 aromatic rings. The highest BCUT2D eigenvalue weighted by molar-refractivity contribution is 5.93. The number of ketones is 2. The molecule has 2 fully saturated rings. The van der Waals surface area contributed by atoms with E-state index < -0.39 is 18.1 Å². The van der Waals surface area contributed by atoms with E-state index >= 15 is 0 Å². The van der Waals surface area contributed by atoms with Crippen LogP contribution in [0.5, 0.6) is 0 Å². The van der Waals surface area contributed by atoms with Crippen molar-refractivity contribution in [3.05, 3.63) is 58.7 Å². The fourth-order valence-corrected chi connectivity index (χ4v) is 8.00. The van der Waals surface area contributed by atoms with Crippen molar-refractivity contribution in [1.29, 1.82) is 0 Å². The Bertz CT molecular complexity index is 1230. The molecule has 1 unspecified atom stereocenters. The average molecular weight is 562 g/mol. The summed E-state index contributed by atoms with van der Waals surface area (Å²) in [4.78, 5) is 50.4. The molecule has 7 nitrogen and oxygen atoms in total. The van der Waals surface area contributed by atoms with E-state index in [-0.39, 0.29) is 24.4 Å². The molecule has 7 heteroatoms. The van der Waals surface area contributed by atoms with Gasteiger partial charge in [-0.15, -0.1) is 0 Å². The molecule has 4 aliphatic carbocycles. The van der Waals surface area contributed by atoms with Gasteiger partial charge in [-0.2, -0.15) is 0 Å². The van der Waals surface area contributed by atoms with Crippen LogP contribution in [0.15, 0.2) is 53.1 Å². The van der Waals surface area contributed by atoms with E-state index in [2.05, 4.69) is 12.2 Å².